The van der Waals surface area contributed by atoms with Gasteiger partial charge in [0, 0.05) is 18.4 Å². The van der Waals surface area contributed by atoms with E-state index in [9.17, 15) is 9.59 Å². The van der Waals surface area contributed by atoms with Gasteiger partial charge >= 0.3 is 5.97 Å². The Hall–Kier alpha value is -3.38. The number of anilines is 2. The highest BCUT2D eigenvalue weighted by Crippen LogP contribution is 2.27. The van der Waals surface area contributed by atoms with Crippen LogP contribution in [0.5, 0.6) is 0 Å². The topological polar surface area (TPSA) is 80.3 Å². The van der Waals surface area contributed by atoms with Gasteiger partial charge in [-0.2, -0.15) is 0 Å². The van der Waals surface area contributed by atoms with Gasteiger partial charge in [0.05, 0.1) is 23.4 Å². The number of rotatable bonds is 6. The second-order valence-electron chi connectivity index (χ2n) is 5.91. The normalized spacial score (nSPS) is 10.2. The van der Waals surface area contributed by atoms with Gasteiger partial charge in [-0.1, -0.05) is 41.9 Å². The predicted octanol–water partition coefficient (Wildman–Crippen LogP) is 4.20. The molecule has 0 aliphatic heterocycles. The number of carbonyl (C=O) groups is 2. The molecule has 0 atom stereocenters. The van der Waals surface area contributed by atoms with Gasteiger partial charge in [0.15, 0.2) is 0 Å². The summed E-state index contributed by atoms with van der Waals surface area (Å²) in [6.07, 6.45) is 1.53. The van der Waals surface area contributed by atoms with Crippen LogP contribution in [0.25, 0.3) is 0 Å². The fraction of sp³-hybridized carbons (Fsp3) is 0.0952. The van der Waals surface area contributed by atoms with Crippen LogP contribution >= 0.6 is 11.6 Å². The van der Waals surface area contributed by atoms with Gasteiger partial charge < -0.3 is 15.4 Å². The van der Waals surface area contributed by atoms with Crippen molar-refractivity contribution in [2.45, 2.75) is 6.54 Å². The molecule has 0 saturated heterocycles. The quantitative estimate of drug-likeness (QED) is 0.611. The second kappa shape index (κ2) is 9.01. The van der Waals surface area contributed by atoms with E-state index in [0.29, 0.717) is 28.5 Å². The Balaban J connectivity index is 1.73. The van der Waals surface area contributed by atoms with Gasteiger partial charge in [-0.15, -0.1) is 0 Å². The highest BCUT2D eigenvalue weighted by atomic mass is 35.5. The number of hydrogen-bond donors (Lipinski definition) is 2. The second-order valence-corrected chi connectivity index (χ2v) is 6.32. The monoisotopic (exact) mass is 395 g/mol. The van der Waals surface area contributed by atoms with E-state index in [1.807, 2.05) is 30.3 Å². The zero-order valence-electron chi connectivity index (χ0n) is 15.1. The van der Waals surface area contributed by atoms with Gasteiger partial charge in [0.2, 0.25) is 0 Å². The molecule has 0 aliphatic carbocycles. The Kier molecular flexibility index (Phi) is 6.24. The van der Waals surface area contributed by atoms with Crippen LogP contribution in [-0.4, -0.2) is 24.0 Å². The van der Waals surface area contributed by atoms with Crippen LogP contribution in [0.4, 0.5) is 11.4 Å². The first-order valence-corrected chi connectivity index (χ1v) is 8.87. The Morgan fingerprint density at radius 1 is 1.07 bits per heavy atom. The van der Waals surface area contributed by atoms with Crippen LogP contribution < -0.4 is 10.6 Å². The first-order valence-electron chi connectivity index (χ1n) is 8.50. The molecule has 0 aliphatic rings. The summed E-state index contributed by atoms with van der Waals surface area (Å²) in [5.74, 6) is -0.752. The molecule has 0 saturated carbocycles. The number of halogens is 1. The number of methoxy groups -OCH3 is 1. The Bertz CT molecular complexity index is 993. The fourth-order valence-electron chi connectivity index (χ4n) is 2.52. The number of esters is 1. The Morgan fingerprint density at radius 3 is 2.61 bits per heavy atom. The lowest BCUT2D eigenvalue weighted by Crippen LogP contribution is -2.23. The van der Waals surface area contributed by atoms with E-state index in [1.165, 1.54) is 13.3 Å². The molecule has 0 unspecified atom stereocenters. The number of nitrogens with zero attached hydrogens (tertiary/aromatic N) is 1. The smallest absolute Gasteiger partial charge is 0.337 e. The van der Waals surface area contributed by atoms with E-state index < -0.39 is 5.97 Å². The predicted molar refractivity (Wildman–Crippen MR) is 108 cm³/mol. The van der Waals surface area contributed by atoms with Gasteiger partial charge in [0.1, 0.15) is 5.69 Å². The summed E-state index contributed by atoms with van der Waals surface area (Å²) < 4.78 is 4.72. The molecule has 2 aromatic carbocycles. The summed E-state index contributed by atoms with van der Waals surface area (Å²) in [6, 6.07) is 17.7. The molecule has 0 spiro atoms. The third kappa shape index (κ3) is 4.86. The molecule has 1 amide bonds. The summed E-state index contributed by atoms with van der Waals surface area (Å²) in [7, 11) is 1.31. The summed E-state index contributed by atoms with van der Waals surface area (Å²) in [4.78, 5) is 28.2. The molecule has 1 heterocycles. The lowest BCUT2D eigenvalue weighted by atomic mass is 10.2. The van der Waals surface area contributed by atoms with Crippen LogP contribution in [0.15, 0.2) is 66.9 Å². The van der Waals surface area contributed by atoms with Crippen molar-refractivity contribution >= 4 is 34.9 Å². The van der Waals surface area contributed by atoms with Gasteiger partial charge in [0.25, 0.3) is 5.91 Å². The largest absolute Gasteiger partial charge is 0.465 e. The molecular formula is C21H18ClN3O3. The molecule has 28 heavy (non-hydrogen) atoms. The molecule has 1 aromatic heterocycles. The van der Waals surface area contributed by atoms with E-state index in [-0.39, 0.29) is 11.6 Å². The SMILES string of the molecule is COC(=O)c1ccc(Cl)c(Nc2ccnc(C(=O)NCc3ccccc3)c2)c1. The maximum Gasteiger partial charge on any atom is 0.337 e. The number of carbonyl (C=O) groups excluding carboxylic acids is 2. The van der Waals surface area contributed by atoms with Crippen molar-refractivity contribution in [2.24, 2.45) is 0 Å². The third-order valence-electron chi connectivity index (χ3n) is 3.95. The molecule has 3 aromatic rings. The van der Waals surface area contributed by atoms with Crippen LogP contribution in [0.1, 0.15) is 26.4 Å². The van der Waals surface area contributed by atoms with Crippen molar-refractivity contribution in [3.63, 3.8) is 0 Å². The number of ether oxygens (including phenoxy) is 1. The van der Waals surface area contributed by atoms with Crippen LogP contribution in [0, 0.1) is 0 Å². The van der Waals surface area contributed by atoms with Gasteiger partial charge in [-0.3, -0.25) is 9.78 Å². The van der Waals surface area contributed by atoms with E-state index in [1.54, 1.807) is 30.3 Å². The van der Waals surface area contributed by atoms with Crippen molar-refractivity contribution < 1.29 is 14.3 Å². The molecule has 0 bridgehead atoms. The summed E-state index contributed by atoms with van der Waals surface area (Å²) in [5, 5.41) is 6.36. The average Bonchev–Trinajstić information content (AvgIpc) is 2.74. The lowest BCUT2D eigenvalue weighted by molar-refractivity contribution is 0.0600. The van der Waals surface area contributed by atoms with Crippen LogP contribution in [0.2, 0.25) is 5.02 Å². The number of pyridine rings is 1. The minimum Gasteiger partial charge on any atom is -0.465 e. The number of nitrogens with one attached hydrogen (secondary N) is 2. The maximum atomic E-state index is 12.4. The zero-order valence-corrected chi connectivity index (χ0v) is 15.9. The third-order valence-corrected chi connectivity index (χ3v) is 4.28. The highest BCUT2D eigenvalue weighted by Gasteiger charge is 2.11. The summed E-state index contributed by atoms with van der Waals surface area (Å²) >= 11 is 6.20. The number of hydrogen-bond acceptors (Lipinski definition) is 5. The molecule has 0 fully saturated rings. The van der Waals surface area contributed by atoms with E-state index in [0.717, 1.165) is 5.56 Å². The van der Waals surface area contributed by atoms with Gasteiger partial charge in [-0.25, -0.2) is 4.79 Å². The highest BCUT2D eigenvalue weighted by molar-refractivity contribution is 6.33. The van der Waals surface area contributed by atoms with Crippen molar-refractivity contribution in [3.8, 4) is 0 Å². The van der Waals surface area contributed by atoms with Crippen LogP contribution in [0.3, 0.4) is 0 Å². The Labute approximate surface area is 167 Å². The molecule has 6 nitrogen and oxygen atoms in total. The molecule has 2 N–H and O–H groups in total. The number of amides is 1. The summed E-state index contributed by atoms with van der Waals surface area (Å²) in [6.45, 7) is 0.409. The number of aromatic nitrogens is 1. The number of benzene rings is 2. The molecule has 0 radical (unpaired) electrons. The van der Waals surface area contributed by atoms with Crippen molar-refractivity contribution in [2.75, 3.05) is 12.4 Å². The van der Waals surface area contributed by atoms with E-state index >= 15 is 0 Å². The van der Waals surface area contributed by atoms with Crippen molar-refractivity contribution in [3.05, 3.63) is 88.7 Å². The van der Waals surface area contributed by atoms with Crippen molar-refractivity contribution in [1.82, 2.24) is 10.3 Å². The minimum absolute atomic E-state index is 0.265. The average molecular weight is 396 g/mol. The first-order chi connectivity index (χ1) is 13.6. The molecule has 7 heteroatoms. The zero-order chi connectivity index (χ0) is 19.9. The van der Waals surface area contributed by atoms with Crippen molar-refractivity contribution in [1.29, 1.82) is 0 Å². The maximum absolute atomic E-state index is 12.4. The molecular weight excluding hydrogens is 378 g/mol. The molecule has 3 rings (SSSR count). The first kappa shape index (κ1) is 19.4. The van der Waals surface area contributed by atoms with E-state index in [2.05, 4.69) is 15.6 Å². The van der Waals surface area contributed by atoms with Gasteiger partial charge in [-0.05, 0) is 35.9 Å². The lowest BCUT2D eigenvalue weighted by Gasteiger charge is -2.11. The van der Waals surface area contributed by atoms with Crippen LogP contribution in [-0.2, 0) is 11.3 Å². The molecule has 142 valence electrons. The fourth-order valence-corrected chi connectivity index (χ4v) is 2.69. The standard InChI is InChI=1S/C21H18ClN3O3/c1-28-21(27)15-7-8-17(22)18(11-15)25-16-9-10-23-19(12-16)20(26)24-13-14-5-3-2-4-6-14/h2-12H,13H2,1H3,(H,23,25)(H,24,26). The minimum atomic E-state index is -0.463. The summed E-state index contributed by atoms with van der Waals surface area (Å²) in [5.41, 5.74) is 2.76. The Morgan fingerprint density at radius 2 is 1.86 bits per heavy atom. The van der Waals surface area contributed by atoms with E-state index in [4.69, 9.17) is 16.3 Å².